The van der Waals surface area contributed by atoms with Crippen molar-refractivity contribution in [3.63, 3.8) is 0 Å². The summed E-state index contributed by atoms with van der Waals surface area (Å²) < 4.78 is 5.75. The van der Waals surface area contributed by atoms with Crippen LogP contribution in [-0.2, 0) is 11.3 Å². The summed E-state index contributed by atoms with van der Waals surface area (Å²) in [5.41, 5.74) is 7.65. The lowest BCUT2D eigenvalue weighted by Crippen LogP contribution is -2.46. The topological polar surface area (TPSA) is 127 Å². The number of hydrogen-bond acceptors (Lipinski definition) is 9. The SMILES string of the molecule is NC[C@H]1O[C@@H](N2CNC3=C2NC=N[C@@H]3NCc2ccccc2)[C@H](O)[C@@H]1O. The maximum Gasteiger partial charge on any atom is 0.162 e. The molecule has 0 aromatic heterocycles. The van der Waals surface area contributed by atoms with E-state index in [0.717, 1.165) is 11.5 Å². The molecule has 0 spiro atoms. The molecule has 1 saturated heterocycles. The van der Waals surface area contributed by atoms with Gasteiger partial charge in [-0.3, -0.25) is 10.3 Å². The highest BCUT2D eigenvalue weighted by Crippen LogP contribution is 2.29. The fourth-order valence-corrected chi connectivity index (χ4v) is 3.49. The first kappa shape index (κ1) is 17.3. The molecule has 1 fully saturated rings. The van der Waals surface area contributed by atoms with Crippen molar-refractivity contribution in [3.05, 3.63) is 47.4 Å². The third-order valence-electron chi connectivity index (χ3n) is 4.90. The van der Waals surface area contributed by atoms with Crippen molar-refractivity contribution >= 4 is 6.34 Å². The number of nitrogens with one attached hydrogen (secondary N) is 3. The van der Waals surface area contributed by atoms with Crippen molar-refractivity contribution in [2.24, 2.45) is 10.7 Å². The molecule has 0 unspecified atom stereocenters. The van der Waals surface area contributed by atoms with Gasteiger partial charge in [0.05, 0.1) is 18.7 Å². The van der Waals surface area contributed by atoms with Gasteiger partial charge in [-0.15, -0.1) is 0 Å². The maximum absolute atomic E-state index is 10.3. The summed E-state index contributed by atoms with van der Waals surface area (Å²) in [5, 5.41) is 30.2. The number of benzene rings is 1. The van der Waals surface area contributed by atoms with Crippen LogP contribution in [-0.4, -0.2) is 65.4 Å². The van der Waals surface area contributed by atoms with E-state index >= 15 is 0 Å². The van der Waals surface area contributed by atoms with Crippen LogP contribution in [0.2, 0.25) is 0 Å². The van der Waals surface area contributed by atoms with E-state index in [4.69, 9.17) is 10.5 Å². The molecule has 140 valence electrons. The molecule has 0 bridgehead atoms. The lowest BCUT2D eigenvalue weighted by molar-refractivity contribution is -0.0718. The second-order valence-corrected chi connectivity index (χ2v) is 6.54. The molecule has 5 atom stereocenters. The lowest BCUT2D eigenvalue weighted by atomic mass is 10.1. The Balaban J connectivity index is 1.47. The number of aliphatic hydroxyl groups excluding tert-OH is 2. The average molecular weight is 360 g/mol. The van der Waals surface area contributed by atoms with Crippen LogP contribution in [0.3, 0.4) is 0 Å². The third kappa shape index (κ3) is 3.04. The summed E-state index contributed by atoms with van der Waals surface area (Å²) in [6, 6.07) is 10.1. The molecular formula is C17H24N6O3. The first-order valence-corrected chi connectivity index (χ1v) is 8.71. The highest BCUT2D eigenvalue weighted by atomic mass is 16.6. The lowest BCUT2D eigenvalue weighted by Gasteiger charge is -2.30. The zero-order chi connectivity index (χ0) is 18.1. The van der Waals surface area contributed by atoms with Gasteiger partial charge in [0.15, 0.2) is 6.23 Å². The van der Waals surface area contributed by atoms with Gasteiger partial charge in [-0.05, 0) is 5.56 Å². The molecular weight excluding hydrogens is 336 g/mol. The molecule has 0 radical (unpaired) electrons. The molecule has 1 aromatic carbocycles. The standard InChI is InChI=1S/C17H24N6O3/c18-6-11-13(24)14(25)17(26-11)23-9-22-12-15(20-8-21-16(12)23)19-7-10-4-2-1-3-5-10/h1-5,8,11,13-15,17,19,22,24-25H,6-7,9,18H2,(H,20,21)/t11-,13-,14-,15+,17-/m1/s1. The van der Waals surface area contributed by atoms with Gasteiger partial charge in [-0.1, -0.05) is 30.3 Å². The van der Waals surface area contributed by atoms with Crippen LogP contribution in [0, 0.1) is 0 Å². The predicted molar refractivity (Wildman–Crippen MR) is 95.3 cm³/mol. The van der Waals surface area contributed by atoms with Crippen molar-refractivity contribution in [2.45, 2.75) is 37.3 Å². The van der Waals surface area contributed by atoms with E-state index in [2.05, 4.69) is 33.1 Å². The van der Waals surface area contributed by atoms with E-state index in [1.807, 2.05) is 23.1 Å². The van der Waals surface area contributed by atoms with Crippen LogP contribution < -0.4 is 21.7 Å². The smallest absolute Gasteiger partial charge is 0.162 e. The zero-order valence-corrected chi connectivity index (χ0v) is 14.2. The molecule has 9 nitrogen and oxygen atoms in total. The van der Waals surface area contributed by atoms with Gasteiger partial charge >= 0.3 is 0 Å². The van der Waals surface area contributed by atoms with Crippen LogP contribution >= 0.6 is 0 Å². The zero-order valence-electron chi connectivity index (χ0n) is 14.2. The van der Waals surface area contributed by atoms with Crippen LogP contribution in [0.25, 0.3) is 0 Å². The quantitative estimate of drug-likeness (QED) is 0.362. The van der Waals surface area contributed by atoms with Gasteiger partial charge in [-0.25, -0.2) is 0 Å². The second-order valence-electron chi connectivity index (χ2n) is 6.54. The molecule has 0 saturated carbocycles. The minimum atomic E-state index is -1.03. The Labute approximate surface area is 151 Å². The Hall–Kier alpha value is -2.17. The summed E-state index contributed by atoms with van der Waals surface area (Å²) in [7, 11) is 0. The Morgan fingerprint density at radius 2 is 2.08 bits per heavy atom. The number of hydrogen-bond donors (Lipinski definition) is 6. The molecule has 3 aliphatic heterocycles. The average Bonchev–Trinajstić information content (AvgIpc) is 3.23. The van der Waals surface area contributed by atoms with Crippen molar-refractivity contribution in [3.8, 4) is 0 Å². The Bertz CT molecular complexity index is 697. The Kier molecular flexibility index (Phi) is 4.79. The van der Waals surface area contributed by atoms with Crippen LogP contribution in [0.5, 0.6) is 0 Å². The van der Waals surface area contributed by atoms with Crippen molar-refractivity contribution in [2.75, 3.05) is 13.2 Å². The largest absolute Gasteiger partial charge is 0.387 e. The first-order valence-electron chi connectivity index (χ1n) is 8.71. The highest BCUT2D eigenvalue weighted by Gasteiger charge is 2.47. The number of aliphatic hydroxyl groups is 2. The number of nitrogens with zero attached hydrogens (tertiary/aromatic N) is 2. The summed E-state index contributed by atoms with van der Waals surface area (Å²) in [5.74, 6) is 0.777. The van der Waals surface area contributed by atoms with Crippen molar-refractivity contribution in [1.29, 1.82) is 0 Å². The minimum absolute atomic E-state index is 0.151. The molecule has 4 rings (SSSR count). The number of aliphatic imine (C=N–C) groups is 1. The van der Waals surface area contributed by atoms with E-state index < -0.39 is 24.5 Å². The molecule has 0 aliphatic carbocycles. The van der Waals surface area contributed by atoms with Crippen LogP contribution in [0.1, 0.15) is 5.56 Å². The van der Waals surface area contributed by atoms with Crippen LogP contribution in [0.15, 0.2) is 46.8 Å². The molecule has 3 heterocycles. The van der Waals surface area contributed by atoms with Gasteiger partial charge in [0.2, 0.25) is 0 Å². The normalized spacial score (nSPS) is 33.2. The summed E-state index contributed by atoms with van der Waals surface area (Å²) in [4.78, 5) is 6.29. The molecule has 9 heteroatoms. The monoisotopic (exact) mass is 360 g/mol. The summed E-state index contributed by atoms with van der Waals surface area (Å²) in [6.07, 6.45) is -1.89. The summed E-state index contributed by atoms with van der Waals surface area (Å²) in [6.45, 7) is 1.27. The van der Waals surface area contributed by atoms with Gasteiger partial charge < -0.3 is 36.2 Å². The minimum Gasteiger partial charge on any atom is -0.387 e. The molecule has 1 aromatic rings. The van der Waals surface area contributed by atoms with E-state index in [0.29, 0.717) is 13.2 Å². The van der Waals surface area contributed by atoms with Gasteiger partial charge in [0.25, 0.3) is 0 Å². The fourth-order valence-electron chi connectivity index (χ4n) is 3.49. The predicted octanol–water partition coefficient (Wildman–Crippen LogP) is -1.83. The summed E-state index contributed by atoms with van der Waals surface area (Å²) >= 11 is 0. The number of nitrogens with two attached hydrogens (primary N) is 1. The second kappa shape index (κ2) is 7.22. The van der Waals surface area contributed by atoms with Gasteiger partial charge in [0, 0.05) is 13.1 Å². The van der Waals surface area contributed by atoms with E-state index in [9.17, 15) is 10.2 Å². The van der Waals surface area contributed by atoms with Gasteiger partial charge in [0.1, 0.15) is 30.3 Å². The van der Waals surface area contributed by atoms with Crippen LogP contribution in [0.4, 0.5) is 0 Å². The van der Waals surface area contributed by atoms with E-state index in [-0.39, 0.29) is 12.7 Å². The maximum atomic E-state index is 10.3. The molecule has 0 amide bonds. The third-order valence-corrected chi connectivity index (χ3v) is 4.90. The number of ether oxygens (including phenoxy) is 1. The van der Waals surface area contributed by atoms with E-state index in [1.165, 1.54) is 5.56 Å². The first-order chi connectivity index (χ1) is 12.7. The van der Waals surface area contributed by atoms with E-state index in [1.54, 1.807) is 6.34 Å². The molecule has 3 aliphatic rings. The fraction of sp³-hybridized carbons (Fsp3) is 0.471. The molecule has 7 N–H and O–H groups in total. The molecule has 26 heavy (non-hydrogen) atoms. The Morgan fingerprint density at radius 1 is 1.27 bits per heavy atom. The highest BCUT2D eigenvalue weighted by molar-refractivity contribution is 5.61. The van der Waals surface area contributed by atoms with Gasteiger partial charge in [-0.2, -0.15) is 0 Å². The van der Waals surface area contributed by atoms with Crippen molar-refractivity contribution in [1.82, 2.24) is 20.9 Å². The Morgan fingerprint density at radius 3 is 2.81 bits per heavy atom. The van der Waals surface area contributed by atoms with Crippen molar-refractivity contribution < 1.29 is 14.9 Å². The number of rotatable bonds is 5.